The second kappa shape index (κ2) is 2.69. The van der Waals surface area contributed by atoms with E-state index in [-0.39, 0.29) is 0 Å². The molecule has 0 amide bonds. The molecule has 0 aliphatic carbocycles. The zero-order valence-electron chi connectivity index (χ0n) is 6.22. The summed E-state index contributed by atoms with van der Waals surface area (Å²) in [5, 5.41) is 0. The fraction of sp³-hybridized carbons (Fsp3) is 0.250. The molecule has 1 heterocycles. The van der Waals surface area contributed by atoms with E-state index in [1.54, 1.807) is 13.3 Å². The highest BCUT2D eigenvalue weighted by atomic mass is 16.5. The lowest BCUT2D eigenvalue weighted by Crippen LogP contribution is -1.89. The van der Waals surface area contributed by atoms with E-state index in [0.717, 1.165) is 11.1 Å². The maximum atomic E-state index is 4.91. The van der Waals surface area contributed by atoms with Crippen LogP contribution in [0.4, 0.5) is 0 Å². The number of pyridine rings is 1. The standard InChI is InChI=1S/C8H10NO/c1-6-4-8(10-3)9-5-7(6)2/h4-5H,2H2,1,3H3. The predicted molar refractivity (Wildman–Crippen MR) is 40.0 cm³/mol. The Balaban J connectivity index is 3.04. The fourth-order valence-corrected chi connectivity index (χ4v) is 0.670. The van der Waals surface area contributed by atoms with Crippen molar-refractivity contribution in [2.24, 2.45) is 0 Å². The van der Waals surface area contributed by atoms with Crippen LogP contribution in [-0.2, 0) is 0 Å². The minimum absolute atomic E-state index is 0.643. The van der Waals surface area contributed by atoms with E-state index in [1.165, 1.54) is 0 Å². The molecular formula is C8H10NO. The molecule has 53 valence electrons. The topological polar surface area (TPSA) is 22.1 Å². The highest BCUT2D eigenvalue weighted by molar-refractivity contribution is 5.29. The van der Waals surface area contributed by atoms with Crippen LogP contribution in [0, 0.1) is 13.8 Å². The summed E-state index contributed by atoms with van der Waals surface area (Å²) in [4.78, 5) is 3.97. The Morgan fingerprint density at radius 2 is 2.30 bits per heavy atom. The van der Waals surface area contributed by atoms with Crippen LogP contribution < -0.4 is 4.74 Å². The monoisotopic (exact) mass is 136 g/mol. The number of hydrogen-bond acceptors (Lipinski definition) is 2. The third kappa shape index (κ3) is 1.26. The quantitative estimate of drug-likeness (QED) is 0.584. The van der Waals surface area contributed by atoms with Crippen LogP contribution in [0.1, 0.15) is 11.1 Å². The first-order valence-corrected chi connectivity index (χ1v) is 3.06. The maximum absolute atomic E-state index is 4.91. The van der Waals surface area contributed by atoms with E-state index >= 15 is 0 Å². The third-order valence-electron chi connectivity index (χ3n) is 1.40. The molecule has 0 aromatic carbocycles. The lowest BCUT2D eigenvalue weighted by atomic mass is 10.2. The summed E-state index contributed by atoms with van der Waals surface area (Å²) in [6.07, 6.45) is 1.70. The Morgan fingerprint density at radius 3 is 2.80 bits per heavy atom. The maximum Gasteiger partial charge on any atom is 0.213 e. The number of hydrogen-bond donors (Lipinski definition) is 0. The first kappa shape index (κ1) is 7.06. The molecular weight excluding hydrogens is 126 g/mol. The molecule has 0 atom stereocenters. The second-order valence-electron chi connectivity index (χ2n) is 2.15. The van der Waals surface area contributed by atoms with Crippen LogP contribution in [0.25, 0.3) is 0 Å². The molecule has 10 heavy (non-hydrogen) atoms. The lowest BCUT2D eigenvalue weighted by Gasteiger charge is -2.00. The van der Waals surface area contributed by atoms with Crippen molar-refractivity contribution in [3.63, 3.8) is 0 Å². The molecule has 2 heteroatoms. The SMILES string of the molecule is [CH2]c1cnc(OC)cc1C. The van der Waals surface area contributed by atoms with Crippen LogP contribution in [0.5, 0.6) is 5.88 Å². The van der Waals surface area contributed by atoms with E-state index in [4.69, 9.17) is 4.74 Å². The zero-order chi connectivity index (χ0) is 7.56. The molecule has 0 fully saturated rings. The molecule has 1 aromatic rings. The van der Waals surface area contributed by atoms with E-state index in [9.17, 15) is 0 Å². The van der Waals surface area contributed by atoms with Gasteiger partial charge in [0.15, 0.2) is 0 Å². The van der Waals surface area contributed by atoms with Crippen molar-refractivity contribution in [3.8, 4) is 5.88 Å². The van der Waals surface area contributed by atoms with Gasteiger partial charge in [-0.15, -0.1) is 0 Å². The van der Waals surface area contributed by atoms with Gasteiger partial charge < -0.3 is 4.74 Å². The van der Waals surface area contributed by atoms with Gasteiger partial charge in [0.05, 0.1) is 7.11 Å². The average Bonchev–Trinajstić information content (AvgIpc) is 1.95. The van der Waals surface area contributed by atoms with Crippen LogP contribution in [0.2, 0.25) is 0 Å². The predicted octanol–water partition coefficient (Wildman–Crippen LogP) is 1.58. The van der Waals surface area contributed by atoms with Gasteiger partial charge in [0.1, 0.15) is 0 Å². The Kier molecular flexibility index (Phi) is 1.90. The van der Waals surface area contributed by atoms with E-state index in [1.807, 2.05) is 13.0 Å². The molecule has 0 unspecified atom stereocenters. The minimum atomic E-state index is 0.643. The van der Waals surface area contributed by atoms with Crippen molar-refractivity contribution in [2.45, 2.75) is 6.92 Å². The largest absolute Gasteiger partial charge is 0.481 e. The molecule has 0 N–H and O–H groups in total. The van der Waals surface area contributed by atoms with Gasteiger partial charge in [-0.05, 0) is 25.0 Å². The summed E-state index contributed by atoms with van der Waals surface area (Å²) in [6, 6.07) is 1.86. The number of aromatic nitrogens is 1. The highest BCUT2D eigenvalue weighted by Gasteiger charge is 1.94. The lowest BCUT2D eigenvalue weighted by molar-refractivity contribution is 0.397. The van der Waals surface area contributed by atoms with E-state index in [0.29, 0.717) is 5.88 Å². The Hall–Kier alpha value is -1.05. The van der Waals surface area contributed by atoms with Gasteiger partial charge in [-0.2, -0.15) is 0 Å². The Morgan fingerprint density at radius 1 is 1.60 bits per heavy atom. The molecule has 0 aliphatic rings. The smallest absolute Gasteiger partial charge is 0.213 e. The minimum Gasteiger partial charge on any atom is -0.481 e. The summed E-state index contributed by atoms with van der Waals surface area (Å²) in [6.45, 7) is 5.76. The molecule has 1 radical (unpaired) electrons. The van der Waals surface area contributed by atoms with Crippen LogP contribution in [0.3, 0.4) is 0 Å². The summed E-state index contributed by atoms with van der Waals surface area (Å²) in [5.41, 5.74) is 2.05. The molecule has 0 saturated heterocycles. The van der Waals surface area contributed by atoms with Gasteiger partial charge in [0.2, 0.25) is 5.88 Å². The molecule has 0 bridgehead atoms. The number of methoxy groups -OCH3 is 1. The van der Waals surface area contributed by atoms with Crippen molar-refractivity contribution in [3.05, 3.63) is 30.3 Å². The van der Waals surface area contributed by atoms with Crippen LogP contribution in [-0.4, -0.2) is 12.1 Å². The molecule has 2 nitrogen and oxygen atoms in total. The van der Waals surface area contributed by atoms with Crippen LogP contribution >= 0.6 is 0 Å². The average molecular weight is 136 g/mol. The van der Waals surface area contributed by atoms with Crippen molar-refractivity contribution in [2.75, 3.05) is 7.11 Å². The van der Waals surface area contributed by atoms with Crippen molar-refractivity contribution < 1.29 is 4.74 Å². The van der Waals surface area contributed by atoms with Gasteiger partial charge in [0.25, 0.3) is 0 Å². The number of nitrogens with zero attached hydrogens (tertiary/aromatic N) is 1. The fourth-order valence-electron chi connectivity index (χ4n) is 0.670. The molecule has 1 rings (SSSR count). The number of aryl methyl sites for hydroxylation is 1. The van der Waals surface area contributed by atoms with Gasteiger partial charge in [0, 0.05) is 12.3 Å². The highest BCUT2D eigenvalue weighted by Crippen LogP contribution is 2.11. The summed E-state index contributed by atoms with van der Waals surface area (Å²) < 4.78 is 4.91. The Labute approximate surface area is 60.9 Å². The van der Waals surface area contributed by atoms with Crippen molar-refractivity contribution in [1.29, 1.82) is 0 Å². The van der Waals surface area contributed by atoms with Gasteiger partial charge in [-0.25, -0.2) is 4.98 Å². The summed E-state index contributed by atoms with van der Waals surface area (Å²) >= 11 is 0. The molecule has 0 saturated carbocycles. The van der Waals surface area contributed by atoms with Gasteiger partial charge in [-0.1, -0.05) is 0 Å². The second-order valence-corrected chi connectivity index (χ2v) is 2.15. The Bertz CT molecular complexity index is 233. The van der Waals surface area contributed by atoms with E-state index in [2.05, 4.69) is 11.9 Å². The third-order valence-corrected chi connectivity index (χ3v) is 1.40. The number of rotatable bonds is 1. The summed E-state index contributed by atoms with van der Waals surface area (Å²) in [7, 11) is 1.60. The number of ether oxygens (including phenoxy) is 1. The van der Waals surface area contributed by atoms with Crippen LogP contribution in [0.15, 0.2) is 12.3 Å². The first-order valence-electron chi connectivity index (χ1n) is 3.06. The first-order chi connectivity index (χ1) is 4.74. The summed E-state index contributed by atoms with van der Waals surface area (Å²) in [5.74, 6) is 0.643. The molecule has 1 aromatic heterocycles. The van der Waals surface area contributed by atoms with Gasteiger partial charge >= 0.3 is 0 Å². The van der Waals surface area contributed by atoms with Crippen molar-refractivity contribution >= 4 is 0 Å². The van der Waals surface area contributed by atoms with E-state index < -0.39 is 0 Å². The molecule has 0 aliphatic heterocycles. The van der Waals surface area contributed by atoms with Crippen molar-refractivity contribution in [1.82, 2.24) is 4.98 Å². The molecule has 0 spiro atoms. The zero-order valence-corrected chi connectivity index (χ0v) is 6.22. The van der Waals surface area contributed by atoms with Gasteiger partial charge in [-0.3, -0.25) is 0 Å². The normalized spacial score (nSPS) is 9.50.